The number of carbonyl (C=O) groups excluding carboxylic acids is 1. The zero-order valence-electron chi connectivity index (χ0n) is 15.1. The standard InChI is InChI=1S/C18H28N4O3S/c1-2-6-15-13-17(20-19-15)18(23)22-11-9-14(10-12-22)21-26(24,25)16-7-4-3-5-8-16/h3-5,7-8,14-15,17,19-21H,2,6,9-13H2,1H3. The number of sulfonamides is 1. The molecule has 3 N–H and O–H groups in total. The molecule has 0 saturated carbocycles. The van der Waals surface area contributed by atoms with Crippen LogP contribution in [-0.2, 0) is 14.8 Å². The van der Waals surface area contributed by atoms with E-state index in [1.54, 1.807) is 30.3 Å². The smallest absolute Gasteiger partial charge is 0.241 e. The zero-order chi connectivity index (χ0) is 18.6. The quantitative estimate of drug-likeness (QED) is 0.685. The van der Waals surface area contributed by atoms with Gasteiger partial charge in [0.2, 0.25) is 15.9 Å². The molecule has 2 atom stereocenters. The predicted octanol–water partition coefficient (Wildman–Crippen LogP) is 0.991. The summed E-state index contributed by atoms with van der Waals surface area (Å²) in [5.74, 6) is 0.112. The van der Waals surface area contributed by atoms with Crippen LogP contribution in [0.2, 0.25) is 0 Å². The third kappa shape index (κ3) is 4.62. The Hall–Kier alpha value is -1.48. The van der Waals surface area contributed by atoms with E-state index in [1.807, 2.05) is 4.90 Å². The Morgan fingerprint density at radius 2 is 1.88 bits per heavy atom. The van der Waals surface area contributed by atoms with Gasteiger partial charge >= 0.3 is 0 Å². The third-order valence-electron chi connectivity index (χ3n) is 5.10. The number of likely N-dealkylation sites (tertiary alicyclic amines) is 1. The van der Waals surface area contributed by atoms with Gasteiger partial charge < -0.3 is 4.90 Å². The first-order valence-corrected chi connectivity index (χ1v) is 10.8. The number of amides is 1. The summed E-state index contributed by atoms with van der Waals surface area (Å²) in [6.45, 7) is 3.30. The second kappa shape index (κ2) is 8.47. The van der Waals surface area contributed by atoms with E-state index in [1.165, 1.54) is 0 Å². The minimum Gasteiger partial charge on any atom is -0.341 e. The summed E-state index contributed by atoms with van der Waals surface area (Å²) >= 11 is 0. The molecule has 0 aromatic heterocycles. The lowest BCUT2D eigenvalue weighted by molar-refractivity contribution is -0.134. The van der Waals surface area contributed by atoms with Crippen molar-refractivity contribution in [2.24, 2.45) is 0 Å². The summed E-state index contributed by atoms with van der Waals surface area (Å²) < 4.78 is 27.6. The van der Waals surface area contributed by atoms with Gasteiger partial charge in [0.05, 0.1) is 4.90 Å². The van der Waals surface area contributed by atoms with Crippen LogP contribution in [0.15, 0.2) is 35.2 Å². The monoisotopic (exact) mass is 380 g/mol. The molecule has 7 nitrogen and oxygen atoms in total. The molecule has 1 amide bonds. The van der Waals surface area contributed by atoms with E-state index in [4.69, 9.17) is 0 Å². The fourth-order valence-electron chi connectivity index (χ4n) is 3.65. The fraction of sp³-hybridized carbons (Fsp3) is 0.611. The number of hydrogen-bond donors (Lipinski definition) is 3. The number of piperidine rings is 1. The van der Waals surface area contributed by atoms with Crippen molar-refractivity contribution in [1.29, 1.82) is 0 Å². The molecule has 8 heteroatoms. The van der Waals surface area contributed by atoms with Crippen LogP contribution in [0.3, 0.4) is 0 Å². The molecule has 0 spiro atoms. The summed E-state index contributed by atoms with van der Waals surface area (Å²) in [6.07, 6.45) is 4.23. The summed E-state index contributed by atoms with van der Waals surface area (Å²) in [5.41, 5.74) is 6.30. The average Bonchev–Trinajstić information content (AvgIpc) is 3.11. The molecule has 0 radical (unpaired) electrons. The van der Waals surface area contributed by atoms with Crippen molar-refractivity contribution >= 4 is 15.9 Å². The Balaban J connectivity index is 1.49. The van der Waals surface area contributed by atoms with Gasteiger partial charge in [-0.15, -0.1) is 0 Å². The molecule has 144 valence electrons. The van der Waals surface area contributed by atoms with Gasteiger partial charge in [0.25, 0.3) is 0 Å². The maximum atomic E-state index is 12.6. The largest absolute Gasteiger partial charge is 0.341 e. The molecular weight excluding hydrogens is 352 g/mol. The summed E-state index contributed by atoms with van der Waals surface area (Å²) in [5, 5.41) is 0. The SMILES string of the molecule is CCCC1CC(C(=O)N2CCC(NS(=O)(=O)c3ccccc3)CC2)NN1. The van der Waals surface area contributed by atoms with E-state index < -0.39 is 10.0 Å². The maximum absolute atomic E-state index is 12.6. The number of carbonyl (C=O) groups is 1. The van der Waals surface area contributed by atoms with Crippen LogP contribution in [0.25, 0.3) is 0 Å². The topological polar surface area (TPSA) is 90.5 Å². The Morgan fingerprint density at radius 3 is 2.54 bits per heavy atom. The highest BCUT2D eigenvalue weighted by atomic mass is 32.2. The summed E-state index contributed by atoms with van der Waals surface area (Å²) in [4.78, 5) is 14.8. The summed E-state index contributed by atoms with van der Waals surface area (Å²) in [6, 6.07) is 8.44. The number of nitrogens with one attached hydrogen (secondary N) is 3. The molecular formula is C18H28N4O3S. The minimum absolute atomic E-state index is 0.112. The van der Waals surface area contributed by atoms with Gasteiger partial charge in [-0.3, -0.25) is 10.2 Å². The van der Waals surface area contributed by atoms with Crippen molar-refractivity contribution in [3.63, 3.8) is 0 Å². The second-order valence-electron chi connectivity index (χ2n) is 7.10. The fourth-order valence-corrected chi connectivity index (χ4v) is 4.97. The first-order valence-electron chi connectivity index (χ1n) is 9.37. The molecule has 1 aromatic rings. The maximum Gasteiger partial charge on any atom is 0.241 e. The highest BCUT2D eigenvalue weighted by Gasteiger charge is 2.34. The molecule has 2 fully saturated rings. The first-order chi connectivity index (χ1) is 12.5. The molecule has 26 heavy (non-hydrogen) atoms. The molecule has 2 heterocycles. The lowest BCUT2D eigenvalue weighted by Crippen LogP contribution is -2.51. The van der Waals surface area contributed by atoms with Crippen LogP contribution in [-0.4, -0.2) is 50.4 Å². The Bertz CT molecular complexity index is 702. The second-order valence-corrected chi connectivity index (χ2v) is 8.81. The van der Waals surface area contributed by atoms with Crippen molar-refractivity contribution in [2.75, 3.05) is 13.1 Å². The van der Waals surface area contributed by atoms with Crippen LogP contribution in [0, 0.1) is 0 Å². The van der Waals surface area contributed by atoms with Gasteiger partial charge in [-0.05, 0) is 37.8 Å². The van der Waals surface area contributed by atoms with E-state index in [-0.39, 0.29) is 22.9 Å². The molecule has 2 aliphatic heterocycles. The molecule has 2 unspecified atom stereocenters. The first kappa shape index (κ1) is 19.3. The van der Waals surface area contributed by atoms with Crippen molar-refractivity contribution in [3.05, 3.63) is 30.3 Å². The van der Waals surface area contributed by atoms with Gasteiger partial charge in [-0.25, -0.2) is 18.6 Å². The van der Waals surface area contributed by atoms with E-state index in [0.29, 0.717) is 32.0 Å². The van der Waals surface area contributed by atoms with E-state index in [9.17, 15) is 13.2 Å². The molecule has 2 aliphatic rings. The van der Waals surface area contributed by atoms with E-state index in [0.717, 1.165) is 19.3 Å². The minimum atomic E-state index is -3.50. The Labute approximate surface area is 155 Å². The lowest BCUT2D eigenvalue weighted by Gasteiger charge is -2.33. The van der Waals surface area contributed by atoms with Crippen LogP contribution in [0.4, 0.5) is 0 Å². The number of nitrogens with zero attached hydrogens (tertiary/aromatic N) is 1. The van der Waals surface area contributed by atoms with Crippen molar-refractivity contribution in [3.8, 4) is 0 Å². The van der Waals surface area contributed by atoms with Crippen LogP contribution >= 0.6 is 0 Å². The van der Waals surface area contributed by atoms with Crippen molar-refractivity contribution in [2.45, 2.75) is 62.0 Å². The van der Waals surface area contributed by atoms with Gasteiger partial charge in [0.15, 0.2) is 0 Å². The molecule has 3 rings (SSSR count). The van der Waals surface area contributed by atoms with Gasteiger partial charge in [0.1, 0.15) is 6.04 Å². The zero-order valence-corrected chi connectivity index (χ0v) is 16.0. The summed E-state index contributed by atoms with van der Waals surface area (Å²) in [7, 11) is -3.50. The lowest BCUT2D eigenvalue weighted by atomic mass is 10.0. The predicted molar refractivity (Wildman–Crippen MR) is 99.7 cm³/mol. The molecule has 0 bridgehead atoms. The highest BCUT2D eigenvalue weighted by Crippen LogP contribution is 2.18. The highest BCUT2D eigenvalue weighted by molar-refractivity contribution is 7.89. The van der Waals surface area contributed by atoms with Gasteiger partial charge in [0, 0.05) is 25.2 Å². The Kier molecular flexibility index (Phi) is 6.29. The average molecular weight is 381 g/mol. The number of rotatable bonds is 6. The molecule has 0 aliphatic carbocycles. The van der Waals surface area contributed by atoms with Crippen LogP contribution < -0.4 is 15.6 Å². The number of hydrogen-bond acceptors (Lipinski definition) is 5. The van der Waals surface area contributed by atoms with Gasteiger partial charge in [-0.2, -0.15) is 0 Å². The number of hydrazine groups is 1. The van der Waals surface area contributed by atoms with E-state index in [2.05, 4.69) is 22.5 Å². The van der Waals surface area contributed by atoms with Gasteiger partial charge in [-0.1, -0.05) is 31.5 Å². The van der Waals surface area contributed by atoms with Crippen LogP contribution in [0.1, 0.15) is 39.0 Å². The van der Waals surface area contributed by atoms with E-state index >= 15 is 0 Å². The normalized spacial score (nSPS) is 24.7. The van der Waals surface area contributed by atoms with Crippen molar-refractivity contribution in [1.82, 2.24) is 20.5 Å². The molecule has 2 saturated heterocycles. The number of benzene rings is 1. The Morgan fingerprint density at radius 1 is 1.19 bits per heavy atom. The van der Waals surface area contributed by atoms with Crippen LogP contribution in [0.5, 0.6) is 0 Å². The molecule has 1 aromatic carbocycles. The third-order valence-corrected chi connectivity index (χ3v) is 6.64. The van der Waals surface area contributed by atoms with Crippen molar-refractivity contribution < 1.29 is 13.2 Å².